The zero-order chi connectivity index (χ0) is 19.0. The van der Waals surface area contributed by atoms with Crippen molar-refractivity contribution < 1.29 is 0 Å². The summed E-state index contributed by atoms with van der Waals surface area (Å²) in [6.45, 7) is 15.0. The summed E-state index contributed by atoms with van der Waals surface area (Å²) in [6, 6.07) is 8.30. The highest BCUT2D eigenvalue weighted by Gasteiger charge is 2.08. The average molecular weight is 486 g/mol. The number of aryl methyl sites for hydroxylation is 2. The number of para-hydroxylation sites is 2. The predicted octanol–water partition coefficient (Wildman–Crippen LogP) is 3.30. The molecule has 7 heteroatoms. The second-order valence-electron chi connectivity index (χ2n) is 7.52. The maximum atomic E-state index is 4.69. The zero-order valence-electron chi connectivity index (χ0n) is 17.3. The molecular formula is C20H35IN6. The van der Waals surface area contributed by atoms with E-state index in [1.807, 2.05) is 6.07 Å². The molecular weight excluding hydrogens is 451 g/mol. The van der Waals surface area contributed by atoms with Crippen LogP contribution in [-0.4, -0.2) is 47.2 Å². The van der Waals surface area contributed by atoms with Gasteiger partial charge in [0.05, 0.1) is 11.0 Å². The van der Waals surface area contributed by atoms with Crippen LogP contribution in [0.5, 0.6) is 0 Å². The van der Waals surface area contributed by atoms with E-state index in [1.165, 1.54) is 5.52 Å². The lowest BCUT2D eigenvalue weighted by molar-refractivity contribution is 0.428. The van der Waals surface area contributed by atoms with Crippen LogP contribution in [0.1, 0.15) is 39.9 Å². The van der Waals surface area contributed by atoms with Crippen LogP contribution in [0, 0.1) is 6.92 Å². The first-order chi connectivity index (χ1) is 12.4. The van der Waals surface area contributed by atoms with Gasteiger partial charge < -0.3 is 20.5 Å². The smallest absolute Gasteiger partial charge is 0.191 e. The van der Waals surface area contributed by atoms with E-state index in [2.05, 4.69) is 83.3 Å². The molecule has 3 N–H and O–H groups in total. The van der Waals surface area contributed by atoms with E-state index >= 15 is 0 Å². The first kappa shape index (κ1) is 23.7. The highest BCUT2D eigenvalue weighted by Crippen LogP contribution is 2.15. The molecule has 0 fully saturated rings. The number of aromatic nitrogens is 2. The summed E-state index contributed by atoms with van der Waals surface area (Å²) < 4.78 is 2.28. The van der Waals surface area contributed by atoms with Gasteiger partial charge in [0, 0.05) is 38.3 Å². The molecule has 0 aliphatic rings. The number of benzene rings is 1. The van der Waals surface area contributed by atoms with E-state index in [0.717, 1.165) is 56.4 Å². The van der Waals surface area contributed by atoms with E-state index < -0.39 is 0 Å². The highest BCUT2D eigenvalue weighted by molar-refractivity contribution is 14.0. The molecule has 1 aromatic heterocycles. The van der Waals surface area contributed by atoms with Crippen LogP contribution in [-0.2, 0) is 6.54 Å². The van der Waals surface area contributed by atoms with E-state index in [-0.39, 0.29) is 29.5 Å². The Kier molecular flexibility index (Phi) is 10.1. The number of aliphatic imine (C=N–C) groups is 1. The Morgan fingerprint density at radius 1 is 1.15 bits per heavy atom. The first-order valence-corrected chi connectivity index (χ1v) is 9.60. The quantitative estimate of drug-likeness (QED) is 0.232. The Labute approximate surface area is 180 Å². The van der Waals surface area contributed by atoms with Gasteiger partial charge in [-0.2, -0.15) is 0 Å². The number of nitrogens with one attached hydrogen (secondary N) is 3. The Balaban J connectivity index is 0.00000364. The first-order valence-electron chi connectivity index (χ1n) is 9.60. The van der Waals surface area contributed by atoms with Gasteiger partial charge in [0.25, 0.3) is 0 Å². The lowest BCUT2D eigenvalue weighted by Gasteiger charge is -2.21. The van der Waals surface area contributed by atoms with Crippen LogP contribution in [0.15, 0.2) is 29.3 Å². The normalized spacial score (nSPS) is 12.1. The molecule has 0 spiro atoms. The molecule has 2 aromatic rings. The van der Waals surface area contributed by atoms with Gasteiger partial charge in [0.1, 0.15) is 5.82 Å². The summed E-state index contributed by atoms with van der Waals surface area (Å²) in [5, 5.41) is 10.2. The van der Waals surface area contributed by atoms with Gasteiger partial charge in [-0.15, -0.1) is 24.0 Å². The fourth-order valence-corrected chi connectivity index (χ4v) is 2.86. The fraction of sp³-hybridized carbons (Fsp3) is 0.600. The van der Waals surface area contributed by atoms with Gasteiger partial charge >= 0.3 is 0 Å². The van der Waals surface area contributed by atoms with Crippen molar-refractivity contribution in [3.8, 4) is 0 Å². The summed E-state index contributed by atoms with van der Waals surface area (Å²) in [6.07, 6.45) is 0.984. The van der Waals surface area contributed by atoms with Crippen molar-refractivity contribution in [2.24, 2.45) is 4.99 Å². The molecule has 152 valence electrons. The van der Waals surface area contributed by atoms with Crippen LogP contribution < -0.4 is 16.0 Å². The second kappa shape index (κ2) is 11.5. The predicted molar refractivity (Wildman–Crippen MR) is 126 cm³/mol. The standard InChI is InChI=1S/C20H34N6.HI/c1-6-21-19(23-13-14-24-20(3,4)5)22-12-9-15-26-16(2)25-17-10-7-8-11-18(17)26;/h7-8,10-11,24H,6,9,12-15H2,1-5H3,(H2,21,22,23);1H. The second-order valence-corrected chi connectivity index (χ2v) is 7.52. The molecule has 0 amide bonds. The number of hydrogen-bond acceptors (Lipinski definition) is 3. The van der Waals surface area contributed by atoms with Crippen LogP contribution in [0.4, 0.5) is 0 Å². The van der Waals surface area contributed by atoms with E-state index in [9.17, 15) is 0 Å². The number of fused-ring (bicyclic) bond motifs is 1. The fourth-order valence-electron chi connectivity index (χ4n) is 2.86. The summed E-state index contributed by atoms with van der Waals surface area (Å²) >= 11 is 0. The van der Waals surface area contributed by atoms with E-state index in [1.54, 1.807) is 0 Å². The molecule has 27 heavy (non-hydrogen) atoms. The number of nitrogens with zero attached hydrogens (tertiary/aromatic N) is 3. The third-order valence-electron chi connectivity index (χ3n) is 4.07. The van der Waals surface area contributed by atoms with Crippen molar-refractivity contribution in [3.63, 3.8) is 0 Å². The summed E-state index contributed by atoms with van der Waals surface area (Å²) in [4.78, 5) is 9.31. The van der Waals surface area contributed by atoms with Crippen LogP contribution >= 0.6 is 24.0 Å². The third kappa shape index (κ3) is 8.04. The van der Waals surface area contributed by atoms with Gasteiger partial charge in [-0.3, -0.25) is 4.99 Å². The Bertz CT molecular complexity index is 717. The number of rotatable bonds is 8. The molecule has 0 saturated carbocycles. The average Bonchev–Trinajstić information content (AvgIpc) is 2.90. The van der Waals surface area contributed by atoms with Crippen LogP contribution in [0.3, 0.4) is 0 Å². The number of hydrogen-bond donors (Lipinski definition) is 3. The van der Waals surface area contributed by atoms with Crippen molar-refractivity contribution in [2.75, 3.05) is 26.2 Å². The summed E-state index contributed by atoms with van der Waals surface area (Å²) in [7, 11) is 0. The highest BCUT2D eigenvalue weighted by atomic mass is 127. The minimum absolute atomic E-state index is 0. The van der Waals surface area contributed by atoms with Crippen molar-refractivity contribution in [2.45, 2.75) is 53.1 Å². The van der Waals surface area contributed by atoms with Gasteiger partial charge in [-0.05, 0) is 53.2 Å². The van der Waals surface area contributed by atoms with Gasteiger partial charge in [-0.1, -0.05) is 12.1 Å². The Morgan fingerprint density at radius 2 is 1.89 bits per heavy atom. The molecule has 0 aliphatic heterocycles. The SMILES string of the molecule is CCNC(=NCCCn1c(C)nc2ccccc21)NCCNC(C)(C)C.I. The van der Waals surface area contributed by atoms with Crippen molar-refractivity contribution in [1.29, 1.82) is 0 Å². The van der Waals surface area contributed by atoms with Crippen molar-refractivity contribution in [1.82, 2.24) is 25.5 Å². The third-order valence-corrected chi connectivity index (χ3v) is 4.07. The number of halogens is 1. The molecule has 0 bridgehead atoms. The van der Waals surface area contributed by atoms with E-state index in [4.69, 9.17) is 0 Å². The van der Waals surface area contributed by atoms with Crippen molar-refractivity contribution in [3.05, 3.63) is 30.1 Å². The minimum Gasteiger partial charge on any atom is -0.357 e. The topological polar surface area (TPSA) is 66.3 Å². The molecule has 0 unspecified atom stereocenters. The van der Waals surface area contributed by atoms with Gasteiger partial charge in [0.2, 0.25) is 0 Å². The lowest BCUT2D eigenvalue weighted by atomic mass is 10.1. The molecule has 0 radical (unpaired) electrons. The molecule has 0 saturated heterocycles. The summed E-state index contributed by atoms with van der Waals surface area (Å²) in [5.74, 6) is 1.95. The minimum atomic E-state index is 0. The van der Waals surface area contributed by atoms with Gasteiger partial charge in [0.15, 0.2) is 5.96 Å². The zero-order valence-corrected chi connectivity index (χ0v) is 19.6. The largest absolute Gasteiger partial charge is 0.357 e. The maximum Gasteiger partial charge on any atom is 0.191 e. The van der Waals surface area contributed by atoms with E-state index in [0.29, 0.717) is 0 Å². The molecule has 1 aromatic carbocycles. The summed E-state index contributed by atoms with van der Waals surface area (Å²) in [5.41, 5.74) is 2.41. The van der Waals surface area contributed by atoms with Gasteiger partial charge in [-0.25, -0.2) is 4.98 Å². The van der Waals surface area contributed by atoms with Crippen molar-refractivity contribution >= 4 is 41.0 Å². The molecule has 2 rings (SSSR count). The molecule has 0 aliphatic carbocycles. The van der Waals surface area contributed by atoms with Crippen LogP contribution in [0.2, 0.25) is 0 Å². The maximum absolute atomic E-state index is 4.69. The lowest BCUT2D eigenvalue weighted by Crippen LogP contribution is -2.44. The molecule has 6 nitrogen and oxygen atoms in total. The number of imidazole rings is 1. The van der Waals surface area contributed by atoms with Crippen LogP contribution in [0.25, 0.3) is 11.0 Å². The number of guanidine groups is 1. The monoisotopic (exact) mass is 486 g/mol. The Morgan fingerprint density at radius 3 is 2.59 bits per heavy atom. The molecule has 0 atom stereocenters. The Hall–Kier alpha value is -1.35. The molecule has 1 heterocycles.